The molecule has 0 aliphatic carbocycles. The van der Waals surface area contributed by atoms with Crippen LogP contribution in [-0.2, 0) is 33.2 Å². The number of rotatable bonds is 28. The molecular formula is C42H62ClN4O10S-. The molecule has 0 spiro atoms. The summed E-state index contributed by atoms with van der Waals surface area (Å²) in [6.07, 6.45) is 11.3. The zero-order valence-electron chi connectivity index (χ0n) is 34.8. The van der Waals surface area contributed by atoms with Gasteiger partial charge in [-0.25, -0.2) is 4.79 Å². The molecule has 58 heavy (non-hydrogen) atoms. The highest BCUT2D eigenvalue weighted by Gasteiger charge is 2.41. The number of alkyl halides is 1. The Morgan fingerprint density at radius 1 is 0.897 bits per heavy atom. The molecule has 2 heterocycles. The Morgan fingerprint density at radius 3 is 2.24 bits per heavy atom. The van der Waals surface area contributed by atoms with Crippen molar-refractivity contribution in [3.05, 3.63) is 53.3 Å². The van der Waals surface area contributed by atoms with Gasteiger partial charge >= 0.3 is 6.03 Å². The third-order valence-corrected chi connectivity index (χ3v) is 10.5. The van der Waals surface area contributed by atoms with Gasteiger partial charge in [-0.15, -0.1) is 11.6 Å². The second kappa shape index (κ2) is 26.6. The first kappa shape index (κ1) is 48.9. The lowest BCUT2D eigenvalue weighted by Gasteiger charge is -2.34. The third-order valence-electron chi connectivity index (χ3n) is 9.62. The molecule has 1 aromatic carbocycles. The third kappa shape index (κ3) is 16.0. The summed E-state index contributed by atoms with van der Waals surface area (Å²) in [5.74, 6) is 0.539. The number of barbiturate groups is 1. The number of amides is 5. The number of carbonyl (C=O) groups is 4. The molecule has 2 aliphatic rings. The molecule has 324 valence electrons. The predicted octanol–water partition coefficient (Wildman–Crippen LogP) is 6.73. The molecule has 14 nitrogen and oxygen atoms in total. The minimum absolute atomic E-state index is 0.0109. The van der Waals surface area contributed by atoms with E-state index in [0.717, 1.165) is 77.4 Å². The van der Waals surface area contributed by atoms with Crippen molar-refractivity contribution < 1.29 is 48.0 Å². The molecular weight excluding hydrogens is 788 g/mol. The Hall–Kier alpha value is -3.44. The first-order valence-electron chi connectivity index (χ1n) is 20.4. The van der Waals surface area contributed by atoms with Crippen LogP contribution >= 0.6 is 23.6 Å². The maximum Gasteiger partial charge on any atom is 0.333 e. The van der Waals surface area contributed by atoms with Gasteiger partial charge in [0, 0.05) is 86.7 Å². The molecule has 0 saturated carbocycles. The van der Waals surface area contributed by atoms with E-state index in [1.807, 2.05) is 12.1 Å². The SMILES string of the molecule is CCN(CC)c1ccc2c(c1)O/C(=C\C=C1\C(=O)N(CCCCCC(=O)NCCOCCOCCCCCCCl)C(=O)N(CCCSOO[O-])C1=O)C=C2C(C)(C)C. The summed E-state index contributed by atoms with van der Waals surface area (Å²) in [6, 6.07) is 5.43. The average molecular weight is 850 g/mol. The number of hydrogen-bond acceptors (Lipinski definition) is 12. The van der Waals surface area contributed by atoms with E-state index >= 15 is 0 Å². The molecule has 0 aromatic heterocycles. The number of nitrogens with zero attached hydrogens (tertiary/aromatic N) is 3. The Kier molecular flexibility index (Phi) is 22.5. The number of hydrogen-bond donors (Lipinski definition) is 1. The normalized spacial score (nSPS) is 15.9. The largest absolute Gasteiger partial charge is 0.691 e. The van der Waals surface area contributed by atoms with Crippen LogP contribution < -0.4 is 20.2 Å². The summed E-state index contributed by atoms with van der Waals surface area (Å²) in [7, 11) is 0. The van der Waals surface area contributed by atoms with Crippen LogP contribution in [0.5, 0.6) is 5.75 Å². The number of carbonyl (C=O) groups excluding carboxylic acids is 4. The molecule has 0 radical (unpaired) electrons. The number of urea groups is 1. The summed E-state index contributed by atoms with van der Waals surface area (Å²) in [4.78, 5) is 57.7. The number of halogens is 1. The summed E-state index contributed by atoms with van der Waals surface area (Å²) in [5.41, 5.74) is 2.60. The molecule has 2 aliphatic heterocycles. The van der Waals surface area contributed by atoms with Gasteiger partial charge in [-0.1, -0.05) is 40.0 Å². The van der Waals surface area contributed by atoms with Gasteiger partial charge in [0.05, 0.1) is 19.8 Å². The topological polar surface area (TPSA) is 159 Å². The van der Waals surface area contributed by atoms with Crippen LogP contribution in [0.15, 0.2) is 47.8 Å². The van der Waals surface area contributed by atoms with E-state index in [1.165, 1.54) is 6.08 Å². The maximum atomic E-state index is 13.8. The standard InChI is InChI=1S/C42H63ClN4O10S/c1-6-45(7-2)32-17-19-34-36(42(3,4)5)31-33(55-37(34)30-32)18-20-35-39(49)46(41(51)47(40(35)50)24-15-29-58-57-56-52)23-13-10-11-16-38(48)44-22-26-54-28-27-53-25-14-9-8-12-21-43/h17-20,30-31,52H,6-16,21-29H2,1-5H3,(H,44,48)/p-1/b33-18-,35-20-. The van der Waals surface area contributed by atoms with Gasteiger partial charge < -0.3 is 29.7 Å². The van der Waals surface area contributed by atoms with Gasteiger partial charge in [0.1, 0.15) is 17.1 Å². The summed E-state index contributed by atoms with van der Waals surface area (Å²) in [6.45, 7) is 14.7. The zero-order chi connectivity index (χ0) is 42.3. The van der Waals surface area contributed by atoms with Crippen LogP contribution in [0.3, 0.4) is 0 Å². The first-order valence-corrected chi connectivity index (χ1v) is 21.9. The van der Waals surface area contributed by atoms with Crippen LogP contribution in [0.4, 0.5) is 10.5 Å². The van der Waals surface area contributed by atoms with Crippen molar-refractivity contribution in [3.8, 4) is 5.75 Å². The monoisotopic (exact) mass is 849 g/mol. The lowest BCUT2D eigenvalue weighted by Crippen LogP contribution is -2.56. The van der Waals surface area contributed by atoms with Crippen LogP contribution in [0.25, 0.3) is 5.57 Å². The van der Waals surface area contributed by atoms with Crippen molar-refractivity contribution in [2.24, 2.45) is 5.41 Å². The molecule has 1 saturated heterocycles. The Labute approximate surface area is 353 Å². The zero-order valence-corrected chi connectivity index (χ0v) is 36.4. The average Bonchev–Trinajstić information content (AvgIpc) is 3.20. The number of allylic oxidation sites excluding steroid dienone is 4. The van der Waals surface area contributed by atoms with E-state index in [4.69, 9.17) is 25.8 Å². The van der Waals surface area contributed by atoms with Crippen LogP contribution in [0.2, 0.25) is 0 Å². The van der Waals surface area contributed by atoms with Gasteiger partial charge in [0.2, 0.25) is 5.91 Å². The van der Waals surface area contributed by atoms with Crippen molar-refractivity contribution in [1.82, 2.24) is 15.1 Å². The molecule has 0 bridgehead atoms. The van der Waals surface area contributed by atoms with E-state index in [1.54, 1.807) is 6.08 Å². The number of anilines is 1. The quantitative estimate of drug-likeness (QED) is 0.0181. The Morgan fingerprint density at radius 2 is 1.57 bits per heavy atom. The fraction of sp³-hybridized carbons (Fsp3) is 0.619. The number of ether oxygens (including phenoxy) is 3. The van der Waals surface area contributed by atoms with Crippen molar-refractivity contribution in [2.75, 3.05) is 75.7 Å². The molecule has 1 aromatic rings. The molecule has 1 N–H and O–H groups in total. The van der Waals surface area contributed by atoms with Gasteiger partial charge in [-0.3, -0.25) is 29.2 Å². The number of nitrogens with one attached hydrogen (secondary N) is 1. The van der Waals surface area contributed by atoms with Crippen molar-refractivity contribution in [3.63, 3.8) is 0 Å². The van der Waals surface area contributed by atoms with Crippen molar-refractivity contribution in [1.29, 1.82) is 0 Å². The second-order valence-electron chi connectivity index (χ2n) is 14.9. The van der Waals surface area contributed by atoms with E-state index in [2.05, 4.69) is 66.3 Å². The second-order valence-corrected chi connectivity index (χ2v) is 16.1. The molecule has 16 heteroatoms. The number of benzene rings is 1. The van der Waals surface area contributed by atoms with E-state index in [9.17, 15) is 24.4 Å². The molecule has 0 unspecified atom stereocenters. The lowest BCUT2D eigenvalue weighted by atomic mass is 9.80. The Bertz CT molecular complexity index is 1580. The summed E-state index contributed by atoms with van der Waals surface area (Å²) >= 11 is 6.43. The summed E-state index contributed by atoms with van der Waals surface area (Å²) in [5, 5.41) is 16.4. The predicted molar refractivity (Wildman–Crippen MR) is 225 cm³/mol. The Balaban J connectivity index is 1.61. The first-order chi connectivity index (χ1) is 28.0. The van der Waals surface area contributed by atoms with Crippen molar-refractivity contribution >= 4 is 58.7 Å². The van der Waals surface area contributed by atoms with Gasteiger partial charge in [0.15, 0.2) is 0 Å². The number of imide groups is 2. The molecule has 3 rings (SSSR count). The maximum absolute atomic E-state index is 13.8. The highest BCUT2D eigenvalue weighted by atomic mass is 35.5. The van der Waals surface area contributed by atoms with E-state index in [-0.39, 0.29) is 48.6 Å². The molecule has 5 amide bonds. The minimum Gasteiger partial charge on any atom is -0.691 e. The lowest BCUT2D eigenvalue weighted by molar-refractivity contribution is -0.777. The van der Waals surface area contributed by atoms with Gasteiger partial charge in [-0.05, 0) is 87.3 Å². The van der Waals surface area contributed by atoms with Crippen LogP contribution in [0, 0.1) is 5.41 Å². The smallest absolute Gasteiger partial charge is 0.333 e. The molecule has 0 atom stereocenters. The highest BCUT2D eigenvalue weighted by molar-refractivity contribution is 7.94. The van der Waals surface area contributed by atoms with Gasteiger partial charge in [0.25, 0.3) is 11.8 Å². The minimum atomic E-state index is -0.726. The fourth-order valence-corrected chi connectivity index (χ4v) is 7.02. The van der Waals surface area contributed by atoms with Crippen molar-refractivity contribution in [2.45, 2.75) is 92.4 Å². The summed E-state index contributed by atoms with van der Waals surface area (Å²) < 4.78 is 21.7. The highest BCUT2D eigenvalue weighted by Crippen LogP contribution is 2.44. The number of unbranched alkanes of at least 4 members (excludes halogenated alkanes) is 5. The van der Waals surface area contributed by atoms with E-state index in [0.29, 0.717) is 69.6 Å². The van der Waals surface area contributed by atoms with E-state index < -0.39 is 17.8 Å². The molecule has 1 fully saturated rings. The number of fused-ring (bicyclic) bond motifs is 1. The van der Waals surface area contributed by atoms with Crippen LogP contribution in [-0.4, -0.2) is 104 Å². The van der Waals surface area contributed by atoms with Gasteiger partial charge in [-0.2, -0.15) is 4.33 Å². The van der Waals surface area contributed by atoms with Crippen LogP contribution in [0.1, 0.15) is 98.0 Å². The fourth-order valence-electron chi connectivity index (χ4n) is 6.48.